The van der Waals surface area contributed by atoms with Crippen molar-refractivity contribution < 1.29 is 9.53 Å². The molecule has 1 aliphatic heterocycles. The van der Waals surface area contributed by atoms with E-state index in [4.69, 9.17) is 4.74 Å². The van der Waals surface area contributed by atoms with E-state index in [0.717, 1.165) is 29.6 Å². The van der Waals surface area contributed by atoms with Gasteiger partial charge in [-0.25, -0.2) is 4.98 Å². The van der Waals surface area contributed by atoms with Gasteiger partial charge in [-0.15, -0.1) is 21.5 Å². The van der Waals surface area contributed by atoms with Gasteiger partial charge < -0.3 is 10.1 Å². The molecular formula is C15H19N5O2S2. The van der Waals surface area contributed by atoms with Crippen LogP contribution in [-0.4, -0.2) is 33.7 Å². The summed E-state index contributed by atoms with van der Waals surface area (Å²) in [6.45, 7) is 0.765. The molecule has 128 valence electrons. The van der Waals surface area contributed by atoms with Gasteiger partial charge in [0.05, 0.1) is 0 Å². The van der Waals surface area contributed by atoms with Crippen molar-refractivity contribution in [2.24, 2.45) is 0 Å². The minimum Gasteiger partial charge on any atom is -0.371 e. The molecular weight excluding hydrogens is 346 g/mol. The SMILES string of the molecule is O=C(Nc1nnc([C@@H]2CCCO2)s1)c1csc(NC2CCCC2)n1. The zero-order chi connectivity index (χ0) is 16.4. The molecule has 2 aromatic heterocycles. The fraction of sp³-hybridized carbons (Fsp3) is 0.600. The maximum absolute atomic E-state index is 12.3. The number of carbonyl (C=O) groups excluding carboxylic acids is 1. The Balaban J connectivity index is 1.36. The number of amides is 1. The Morgan fingerprint density at radius 3 is 2.83 bits per heavy atom. The van der Waals surface area contributed by atoms with Gasteiger partial charge in [-0.05, 0) is 25.7 Å². The summed E-state index contributed by atoms with van der Waals surface area (Å²) in [6, 6.07) is 0.490. The van der Waals surface area contributed by atoms with Gasteiger partial charge in [0.25, 0.3) is 5.91 Å². The number of thiazole rings is 1. The Morgan fingerprint density at radius 2 is 2.04 bits per heavy atom. The number of nitrogens with zero attached hydrogens (tertiary/aromatic N) is 3. The van der Waals surface area contributed by atoms with Gasteiger partial charge in [-0.2, -0.15) is 0 Å². The van der Waals surface area contributed by atoms with Crippen LogP contribution in [0.15, 0.2) is 5.38 Å². The standard InChI is InChI=1S/C15H19N5O2S2/c21-12(10-8-23-14(17-10)16-9-4-1-2-5-9)18-15-20-19-13(24-15)11-6-3-7-22-11/h8-9,11H,1-7H2,(H,16,17)(H,18,20,21)/t11-/m0/s1. The number of aromatic nitrogens is 3. The van der Waals surface area contributed by atoms with E-state index in [1.54, 1.807) is 5.38 Å². The average molecular weight is 365 g/mol. The van der Waals surface area contributed by atoms with E-state index in [1.165, 1.54) is 48.4 Å². The van der Waals surface area contributed by atoms with E-state index >= 15 is 0 Å². The third-order valence-electron chi connectivity index (χ3n) is 4.29. The summed E-state index contributed by atoms with van der Waals surface area (Å²) in [5.74, 6) is -0.249. The fourth-order valence-corrected chi connectivity index (χ4v) is 4.63. The van der Waals surface area contributed by atoms with Crippen molar-refractivity contribution >= 4 is 38.8 Å². The molecule has 0 bridgehead atoms. The summed E-state index contributed by atoms with van der Waals surface area (Å²) in [5.41, 5.74) is 0.411. The molecule has 2 fully saturated rings. The monoisotopic (exact) mass is 365 g/mol. The maximum Gasteiger partial charge on any atom is 0.277 e. The van der Waals surface area contributed by atoms with Gasteiger partial charge in [0.1, 0.15) is 16.8 Å². The Hall–Kier alpha value is -1.58. The van der Waals surface area contributed by atoms with Crippen molar-refractivity contribution in [2.75, 3.05) is 17.2 Å². The smallest absolute Gasteiger partial charge is 0.277 e. The number of anilines is 2. The number of rotatable bonds is 5. The molecule has 1 saturated carbocycles. The lowest BCUT2D eigenvalue weighted by molar-refractivity contribution is 0.102. The second kappa shape index (κ2) is 7.12. The second-order valence-electron chi connectivity index (χ2n) is 6.06. The van der Waals surface area contributed by atoms with Crippen LogP contribution < -0.4 is 10.6 Å². The highest BCUT2D eigenvalue weighted by Gasteiger charge is 2.23. The number of hydrogen-bond donors (Lipinski definition) is 2. The first-order valence-electron chi connectivity index (χ1n) is 8.26. The highest BCUT2D eigenvalue weighted by atomic mass is 32.1. The predicted molar refractivity (Wildman–Crippen MR) is 93.8 cm³/mol. The molecule has 0 radical (unpaired) electrons. The summed E-state index contributed by atoms with van der Waals surface area (Å²) in [5, 5.41) is 18.2. The molecule has 24 heavy (non-hydrogen) atoms. The number of ether oxygens (including phenoxy) is 1. The Kier molecular flexibility index (Phi) is 4.72. The summed E-state index contributed by atoms with van der Waals surface area (Å²) in [4.78, 5) is 16.7. The zero-order valence-corrected chi connectivity index (χ0v) is 14.8. The number of carbonyl (C=O) groups is 1. The van der Waals surface area contributed by atoms with E-state index in [0.29, 0.717) is 16.9 Å². The van der Waals surface area contributed by atoms with Crippen LogP contribution in [-0.2, 0) is 4.74 Å². The number of hydrogen-bond acceptors (Lipinski definition) is 8. The molecule has 1 saturated heterocycles. The quantitative estimate of drug-likeness (QED) is 0.843. The molecule has 2 aromatic rings. The topological polar surface area (TPSA) is 89.0 Å². The minimum absolute atomic E-state index is 0.0228. The van der Waals surface area contributed by atoms with Crippen LogP contribution in [0.3, 0.4) is 0 Å². The molecule has 2 aliphatic rings. The van der Waals surface area contributed by atoms with Crippen molar-refractivity contribution in [2.45, 2.75) is 50.7 Å². The van der Waals surface area contributed by atoms with Crippen molar-refractivity contribution in [1.82, 2.24) is 15.2 Å². The molecule has 0 unspecified atom stereocenters. The van der Waals surface area contributed by atoms with E-state index in [1.807, 2.05) is 0 Å². The van der Waals surface area contributed by atoms with Gasteiger partial charge in [0.2, 0.25) is 5.13 Å². The van der Waals surface area contributed by atoms with Crippen molar-refractivity contribution in [1.29, 1.82) is 0 Å². The van der Waals surface area contributed by atoms with E-state index in [2.05, 4.69) is 25.8 Å². The molecule has 9 heteroatoms. The molecule has 0 aromatic carbocycles. The van der Waals surface area contributed by atoms with Crippen molar-refractivity contribution in [3.8, 4) is 0 Å². The van der Waals surface area contributed by atoms with E-state index in [9.17, 15) is 4.79 Å². The second-order valence-corrected chi connectivity index (χ2v) is 7.93. The molecule has 3 heterocycles. The van der Waals surface area contributed by atoms with Crippen LogP contribution in [0.5, 0.6) is 0 Å². The van der Waals surface area contributed by atoms with Gasteiger partial charge in [-0.1, -0.05) is 24.2 Å². The summed E-state index contributed by atoms with van der Waals surface area (Å²) in [7, 11) is 0. The normalized spacial score (nSPS) is 21.2. The molecule has 0 spiro atoms. The van der Waals surface area contributed by atoms with Crippen LogP contribution in [0.2, 0.25) is 0 Å². The van der Waals surface area contributed by atoms with Crippen LogP contribution in [0.25, 0.3) is 0 Å². The van der Waals surface area contributed by atoms with Crippen LogP contribution in [0, 0.1) is 0 Å². The number of nitrogens with one attached hydrogen (secondary N) is 2. The molecule has 4 rings (SSSR count). The van der Waals surface area contributed by atoms with Crippen LogP contribution >= 0.6 is 22.7 Å². The van der Waals surface area contributed by atoms with E-state index in [-0.39, 0.29) is 12.0 Å². The highest BCUT2D eigenvalue weighted by Crippen LogP contribution is 2.32. The summed E-state index contributed by atoms with van der Waals surface area (Å²) in [6.07, 6.45) is 6.91. The molecule has 1 atom stereocenters. The Morgan fingerprint density at radius 1 is 1.17 bits per heavy atom. The van der Waals surface area contributed by atoms with Crippen molar-refractivity contribution in [3.05, 3.63) is 16.1 Å². The lowest BCUT2D eigenvalue weighted by atomic mass is 10.2. The third-order valence-corrected chi connectivity index (χ3v) is 5.99. The first-order valence-corrected chi connectivity index (χ1v) is 9.96. The van der Waals surface area contributed by atoms with Gasteiger partial charge in [0.15, 0.2) is 5.13 Å². The maximum atomic E-state index is 12.3. The van der Waals surface area contributed by atoms with Crippen LogP contribution in [0.1, 0.15) is 60.1 Å². The molecule has 1 aliphatic carbocycles. The van der Waals surface area contributed by atoms with Gasteiger partial charge in [-0.3, -0.25) is 10.1 Å². The van der Waals surface area contributed by atoms with Gasteiger partial charge >= 0.3 is 0 Å². The summed E-state index contributed by atoms with van der Waals surface area (Å²) < 4.78 is 5.58. The minimum atomic E-state index is -0.249. The lowest BCUT2D eigenvalue weighted by Crippen LogP contribution is -2.15. The van der Waals surface area contributed by atoms with Gasteiger partial charge in [0, 0.05) is 18.0 Å². The zero-order valence-electron chi connectivity index (χ0n) is 13.2. The predicted octanol–water partition coefficient (Wildman–Crippen LogP) is 3.45. The van der Waals surface area contributed by atoms with Crippen molar-refractivity contribution in [3.63, 3.8) is 0 Å². The highest BCUT2D eigenvalue weighted by molar-refractivity contribution is 7.15. The molecule has 7 nitrogen and oxygen atoms in total. The van der Waals surface area contributed by atoms with Crippen LogP contribution in [0.4, 0.5) is 10.3 Å². The third kappa shape index (κ3) is 3.57. The fourth-order valence-electron chi connectivity index (χ4n) is 3.04. The largest absolute Gasteiger partial charge is 0.371 e. The lowest BCUT2D eigenvalue weighted by Gasteiger charge is -2.09. The van der Waals surface area contributed by atoms with E-state index < -0.39 is 0 Å². The first kappa shape index (κ1) is 15.9. The summed E-state index contributed by atoms with van der Waals surface area (Å²) >= 11 is 2.83. The first-order chi connectivity index (χ1) is 11.8. The molecule has 1 amide bonds. The Bertz CT molecular complexity index is 704. The molecule has 2 N–H and O–H groups in total. The average Bonchev–Trinajstić information content (AvgIpc) is 3.36. The Labute approximate surface area is 147 Å².